The van der Waals surface area contributed by atoms with Crippen molar-refractivity contribution in [3.8, 4) is 0 Å². The van der Waals surface area contributed by atoms with Crippen LogP contribution in [-0.2, 0) is 4.79 Å². The van der Waals surface area contributed by atoms with E-state index in [1.807, 2.05) is 30.3 Å². The number of carbonyl (C=O) groups is 1. The Morgan fingerprint density at radius 3 is 2.71 bits per heavy atom. The Morgan fingerprint density at radius 1 is 1.29 bits per heavy atom. The summed E-state index contributed by atoms with van der Waals surface area (Å²) in [6.45, 7) is 0.655. The summed E-state index contributed by atoms with van der Waals surface area (Å²) in [4.78, 5) is 24.5. The van der Waals surface area contributed by atoms with Crippen molar-refractivity contribution >= 4 is 17.3 Å². The quantitative estimate of drug-likeness (QED) is 0.639. The van der Waals surface area contributed by atoms with Crippen LogP contribution >= 0.6 is 0 Å². The summed E-state index contributed by atoms with van der Waals surface area (Å²) in [6.07, 6.45) is 3.96. The van der Waals surface area contributed by atoms with E-state index in [1.165, 1.54) is 17.1 Å². The Kier molecular flexibility index (Phi) is 3.39. The summed E-state index contributed by atoms with van der Waals surface area (Å²) in [7, 11) is 0. The second kappa shape index (κ2) is 5.35. The maximum atomic E-state index is 12.6. The van der Waals surface area contributed by atoms with Gasteiger partial charge in [-0.25, -0.2) is 0 Å². The molecule has 1 aromatic carbocycles. The molecule has 1 amide bonds. The average Bonchev–Trinajstić information content (AvgIpc) is 2.98. The fraction of sp³-hybridized carbons (Fsp3) is 0.286. The van der Waals surface area contributed by atoms with E-state index in [0.29, 0.717) is 13.0 Å². The third kappa shape index (κ3) is 2.49. The van der Waals surface area contributed by atoms with Crippen LogP contribution in [0.3, 0.4) is 0 Å². The summed E-state index contributed by atoms with van der Waals surface area (Å²) in [5, 5.41) is 14.7. The van der Waals surface area contributed by atoms with E-state index in [-0.39, 0.29) is 11.6 Å². The van der Waals surface area contributed by atoms with Gasteiger partial charge in [0.15, 0.2) is 0 Å². The van der Waals surface area contributed by atoms with Crippen molar-refractivity contribution in [3.05, 3.63) is 52.8 Å². The number of amides is 1. The highest BCUT2D eigenvalue weighted by Crippen LogP contribution is 2.27. The molecule has 0 N–H and O–H groups in total. The van der Waals surface area contributed by atoms with Gasteiger partial charge in [0, 0.05) is 12.2 Å². The first-order chi connectivity index (χ1) is 10.2. The van der Waals surface area contributed by atoms with E-state index < -0.39 is 11.0 Å². The Hall–Kier alpha value is -2.70. The molecule has 21 heavy (non-hydrogen) atoms. The molecule has 0 unspecified atom stereocenters. The average molecular weight is 286 g/mol. The first kappa shape index (κ1) is 13.3. The van der Waals surface area contributed by atoms with Gasteiger partial charge in [-0.3, -0.25) is 19.6 Å². The van der Waals surface area contributed by atoms with Crippen LogP contribution in [0.25, 0.3) is 0 Å². The van der Waals surface area contributed by atoms with Crippen LogP contribution in [0.2, 0.25) is 0 Å². The van der Waals surface area contributed by atoms with E-state index in [1.54, 1.807) is 4.90 Å². The monoisotopic (exact) mass is 286 g/mol. The fourth-order valence-electron chi connectivity index (χ4n) is 2.56. The van der Waals surface area contributed by atoms with E-state index >= 15 is 0 Å². The van der Waals surface area contributed by atoms with Gasteiger partial charge in [-0.05, 0) is 25.0 Å². The molecule has 2 aromatic rings. The largest absolute Gasteiger partial charge is 0.311 e. The van der Waals surface area contributed by atoms with Gasteiger partial charge < -0.3 is 4.90 Å². The van der Waals surface area contributed by atoms with Crippen molar-refractivity contribution in [1.29, 1.82) is 0 Å². The SMILES string of the molecule is O=C1[C@H](n2cc([N+](=O)[O-])cn2)CCCN1c1ccccc1. The topological polar surface area (TPSA) is 81.3 Å². The molecular weight excluding hydrogens is 272 g/mol. The van der Waals surface area contributed by atoms with Crippen LogP contribution in [0, 0.1) is 10.1 Å². The van der Waals surface area contributed by atoms with E-state index in [9.17, 15) is 14.9 Å². The number of nitro groups is 1. The molecule has 1 aromatic heterocycles. The highest BCUT2D eigenvalue weighted by atomic mass is 16.6. The highest BCUT2D eigenvalue weighted by molar-refractivity contribution is 5.96. The third-order valence-electron chi connectivity index (χ3n) is 3.60. The number of para-hydroxylation sites is 1. The molecule has 0 aliphatic carbocycles. The standard InChI is InChI=1S/C14H14N4O3/c19-14-13(17-10-12(9-15-17)18(20)21)7-4-8-16(14)11-5-2-1-3-6-11/h1-3,5-6,9-10,13H,4,7-8H2/t13-/m1/s1. The number of anilines is 1. The summed E-state index contributed by atoms with van der Waals surface area (Å²) >= 11 is 0. The van der Waals surface area contributed by atoms with Crippen LogP contribution in [0.5, 0.6) is 0 Å². The molecule has 0 spiro atoms. The molecule has 0 saturated carbocycles. The minimum Gasteiger partial charge on any atom is -0.311 e. The van der Waals surface area contributed by atoms with Crippen LogP contribution in [0.15, 0.2) is 42.7 Å². The number of carbonyl (C=O) groups excluding carboxylic acids is 1. The van der Waals surface area contributed by atoms with Gasteiger partial charge in [0.2, 0.25) is 0 Å². The van der Waals surface area contributed by atoms with Crippen molar-refractivity contribution in [2.24, 2.45) is 0 Å². The van der Waals surface area contributed by atoms with Crippen molar-refractivity contribution in [2.75, 3.05) is 11.4 Å². The lowest BCUT2D eigenvalue weighted by atomic mass is 10.0. The van der Waals surface area contributed by atoms with Gasteiger partial charge in [-0.1, -0.05) is 18.2 Å². The molecule has 2 heterocycles. The van der Waals surface area contributed by atoms with Gasteiger partial charge in [0.05, 0.1) is 4.92 Å². The van der Waals surface area contributed by atoms with Crippen molar-refractivity contribution in [1.82, 2.24) is 9.78 Å². The van der Waals surface area contributed by atoms with Gasteiger partial charge in [-0.15, -0.1) is 0 Å². The summed E-state index contributed by atoms with van der Waals surface area (Å²) in [6, 6.07) is 8.94. The Balaban J connectivity index is 1.86. The molecule has 1 fully saturated rings. The number of hydrogen-bond donors (Lipinski definition) is 0. The second-order valence-electron chi connectivity index (χ2n) is 4.92. The smallest absolute Gasteiger partial charge is 0.307 e. The number of nitrogens with zero attached hydrogens (tertiary/aromatic N) is 4. The number of rotatable bonds is 3. The maximum absolute atomic E-state index is 12.6. The van der Waals surface area contributed by atoms with Crippen molar-refractivity contribution in [2.45, 2.75) is 18.9 Å². The minimum absolute atomic E-state index is 0.0783. The Morgan fingerprint density at radius 2 is 2.05 bits per heavy atom. The zero-order valence-electron chi connectivity index (χ0n) is 11.3. The van der Waals surface area contributed by atoms with E-state index in [0.717, 1.165) is 12.1 Å². The fourth-order valence-corrected chi connectivity index (χ4v) is 2.56. The van der Waals surface area contributed by atoms with E-state index in [2.05, 4.69) is 5.10 Å². The molecular formula is C14H14N4O3. The zero-order valence-corrected chi connectivity index (χ0v) is 11.3. The van der Waals surface area contributed by atoms with Crippen molar-refractivity contribution in [3.63, 3.8) is 0 Å². The van der Waals surface area contributed by atoms with Crippen LogP contribution < -0.4 is 4.90 Å². The summed E-state index contributed by atoms with van der Waals surface area (Å²) < 4.78 is 1.40. The Bertz CT molecular complexity index is 668. The van der Waals surface area contributed by atoms with Crippen LogP contribution in [0.1, 0.15) is 18.9 Å². The number of hydrogen-bond acceptors (Lipinski definition) is 4. The van der Waals surface area contributed by atoms with Gasteiger partial charge in [0.25, 0.3) is 5.91 Å². The van der Waals surface area contributed by atoms with E-state index in [4.69, 9.17) is 0 Å². The highest BCUT2D eigenvalue weighted by Gasteiger charge is 2.32. The number of piperidine rings is 1. The first-order valence-electron chi connectivity index (χ1n) is 6.72. The second-order valence-corrected chi connectivity index (χ2v) is 4.92. The molecule has 3 rings (SSSR count). The minimum atomic E-state index is -0.508. The molecule has 1 atom stereocenters. The Labute approximate surface area is 120 Å². The lowest BCUT2D eigenvalue weighted by molar-refractivity contribution is -0.385. The normalized spacial score (nSPS) is 18.8. The summed E-state index contributed by atoms with van der Waals surface area (Å²) in [5.41, 5.74) is 0.744. The molecule has 1 aliphatic heterocycles. The molecule has 7 heteroatoms. The molecule has 108 valence electrons. The molecule has 1 saturated heterocycles. The van der Waals surface area contributed by atoms with Crippen molar-refractivity contribution < 1.29 is 9.72 Å². The van der Waals surface area contributed by atoms with Gasteiger partial charge >= 0.3 is 5.69 Å². The van der Waals surface area contributed by atoms with Crippen LogP contribution in [0.4, 0.5) is 11.4 Å². The third-order valence-corrected chi connectivity index (χ3v) is 3.60. The lowest BCUT2D eigenvalue weighted by Gasteiger charge is -2.32. The number of aromatic nitrogens is 2. The predicted molar refractivity (Wildman–Crippen MR) is 75.9 cm³/mol. The molecule has 0 radical (unpaired) electrons. The van der Waals surface area contributed by atoms with Gasteiger partial charge in [-0.2, -0.15) is 5.10 Å². The van der Waals surface area contributed by atoms with Gasteiger partial charge in [0.1, 0.15) is 18.4 Å². The predicted octanol–water partition coefficient (Wildman–Crippen LogP) is 2.16. The number of benzene rings is 1. The summed E-state index contributed by atoms with van der Waals surface area (Å²) in [5.74, 6) is -0.0783. The first-order valence-corrected chi connectivity index (χ1v) is 6.72. The molecule has 0 bridgehead atoms. The molecule has 1 aliphatic rings. The zero-order chi connectivity index (χ0) is 14.8. The lowest BCUT2D eigenvalue weighted by Crippen LogP contribution is -2.42. The maximum Gasteiger partial charge on any atom is 0.307 e. The molecule has 7 nitrogen and oxygen atoms in total. The van der Waals surface area contributed by atoms with Crippen LogP contribution in [-0.4, -0.2) is 27.2 Å².